The van der Waals surface area contributed by atoms with Crippen molar-refractivity contribution in [1.82, 2.24) is 4.72 Å². The molecule has 0 aliphatic carbocycles. The molecule has 0 saturated heterocycles. The summed E-state index contributed by atoms with van der Waals surface area (Å²) in [6.07, 6.45) is 0. The maximum absolute atomic E-state index is 11.1. The van der Waals surface area contributed by atoms with Gasteiger partial charge in [0.15, 0.2) is 4.33 Å². The Balaban J connectivity index is 4.58. The molecule has 0 aliphatic rings. The van der Waals surface area contributed by atoms with E-state index in [1.165, 1.54) is 20.8 Å². The standard InChI is InChI=1S/C6H11Cl2NO3S/c1-4(2)13(11,12)9-5(10)6(3,7)8/h4H,1-3H3,(H,9,10). The molecule has 0 rings (SSSR count). The second-order valence-corrected chi connectivity index (χ2v) is 6.86. The van der Waals surface area contributed by atoms with Crippen molar-refractivity contribution in [3.05, 3.63) is 0 Å². The topological polar surface area (TPSA) is 63.2 Å². The summed E-state index contributed by atoms with van der Waals surface area (Å²) < 4.78 is 22.3. The van der Waals surface area contributed by atoms with Crippen LogP contribution in [0.5, 0.6) is 0 Å². The number of carbonyl (C=O) groups is 1. The lowest BCUT2D eigenvalue weighted by Gasteiger charge is -2.14. The van der Waals surface area contributed by atoms with Crippen LogP contribution in [0.25, 0.3) is 0 Å². The molecule has 0 spiro atoms. The number of rotatable bonds is 3. The van der Waals surface area contributed by atoms with Crippen molar-refractivity contribution in [2.75, 3.05) is 0 Å². The quantitative estimate of drug-likeness (QED) is 0.759. The molecule has 0 heterocycles. The van der Waals surface area contributed by atoms with E-state index in [0.29, 0.717) is 0 Å². The minimum atomic E-state index is -3.65. The first-order valence-electron chi connectivity index (χ1n) is 3.51. The highest BCUT2D eigenvalue weighted by Gasteiger charge is 2.31. The molecule has 13 heavy (non-hydrogen) atoms. The molecule has 7 heteroatoms. The van der Waals surface area contributed by atoms with Crippen molar-refractivity contribution in [2.24, 2.45) is 0 Å². The van der Waals surface area contributed by atoms with Crippen molar-refractivity contribution in [1.29, 1.82) is 0 Å². The van der Waals surface area contributed by atoms with Crippen molar-refractivity contribution in [3.63, 3.8) is 0 Å². The zero-order chi connectivity index (χ0) is 10.9. The summed E-state index contributed by atoms with van der Waals surface area (Å²) in [5.41, 5.74) is 0. The molecular formula is C6H11Cl2NO3S. The minimum Gasteiger partial charge on any atom is -0.271 e. The molecule has 0 fully saturated rings. The van der Waals surface area contributed by atoms with E-state index in [1.807, 2.05) is 0 Å². The molecule has 4 nitrogen and oxygen atoms in total. The smallest absolute Gasteiger partial charge is 0.269 e. The molecule has 0 aromatic heterocycles. The van der Waals surface area contributed by atoms with E-state index < -0.39 is 25.5 Å². The van der Waals surface area contributed by atoms with Crippen LogP contribution in [-0.2, 0) is 14.8 Å². The largest absolute Gasteiger partial charge is 0.271 e. The Morgan fingerprint density at radius 3 is 2.00 bits per heavy atom. The first kappa shape index (κ1) is 13.0. The second kappa shape index (κ2) is 4.02. The molecule has 0 radical (unpaired) electrons. The van der Waals surface area contributed by atoms with Crippen LogP contribution in [0.15, 0.2) is 0 Å². The zero-order valence-corrected chi connectivity index (χ0v) is 9.79. The fourth-order valence-electron chi connectivity index (χ4n) is 0.337. The molecule has 0 saturated carbocycles. The molecular weight excluding hydrogens is 237 g/mol. The summed E-state index contributed by atoms with van der Waals surface area (Å²) in [5.74, 6) is -0.940. The summed E-state index contributed by atoms with van der Waals surface area (Å²) >= 11 is 10.8. The maximum atomic E-state index is 11.1. The van der Waals surface area contributed by atoms with Crippen LogP contribution in [0.3, 0.4) is 0 Å². The summed E-state index contributed by atoms with van der Waals surface area (Å²) in [6.45, 7) is 4.08. The highest BCUT2D eigenvalue weighted by atomic mass is 35.5. The Labute approximate surface area is 87.6 Å². The third-order valence-electron chi connectivity index (χ3n) is 1.25. The number of hydrogen-bond acceptors (Lipinski definition) is 3. The molecule has 0 atom stereocenters. The number of amides is 1. The summed E-state index contributed by atoms with van der Waals surface area (Å²) in [7, 11) is -3.65. The Hall–Kier alpha value is -0.000000000000000111. The van der Waals surface area contributed by atoms with Gasteiger partial charge in [0.05, 0.1) is 5.25 Å². The maximum Gasteiger partial charge on any atom is 0.269 e. The highest BCUT2D eigenvalue weighted by Crippen LogP contribution is 2.19. The van der Waals surface area contributed by atoms with Gasteiger partial charge in [-0.05, 0) is 20.8 Å². The minimum absolute atomic E-state index is 0.702. The van der Waals surface area contributed by atoms with E-state index in [2.05, 4.69) is 0 Å². The van der Waals surface area contributed by atoms with E-state index in [-0.39, 0.29) is 0 Å². The Morgan fingerprint density at radius 2 is 1.77 bits per heavy atom. The van der Waals surface area contributed by atoms with E-state index in [9.17, 15) is 13.2 Å². The molecule has 0 aromatic rings. The average Bonchev–Trinajstić information content (AvgIpc) is 1.83. The predicted octanol–water partition coefficient (Wildman–Crippen LogP) is 1.03. The van der Waals surface area contributed by atoms with Crippen molar-refractivity contribution in [3.8, 4) is 0 Å². The van der Waals surface area contributed by atoms with Crippen LogP contribution in [-0.4, -0.2) is 23.9 Å². The zero-order valence-electron chi connectivity index (χ0n) is 7.47. The van der Waals surface area contributed by atoms with Crippen LogP contribution >= 0.6 is 23.2 Å². The molecule has 78 valence electrons. The lowest BCUT2D eigenvalue weighted by atomic mass is 10.4. The SMILES string of the molecule is CC(C)S(=O)(=O)NC(=O)C(C)(Cl)Cl. The van der Waals surface area contributed by atoms with Gasteiger partial charge in [0.25, 0.3) is 5.91 Å². The van der Waals surface area contributed by atoms with E-state index >= 15 is 0 Å². The van der Waals surface area contributed by atoms with E-state index in [4.69, 9.17) is 23.2 Å². The second-order valence-electron chi connectivity index (χ2n) is 2.91. The van der Waals surface area contributed by atoms with Gasteiger partial charge in [0.2, 0.25) is 10.0 Å². The van der Waals surface area contributed by atoms with Crippen LogP contribution < -0.4 is 4.72 Å². The van der Waals surface area contributed by atoms with Crippen molar-refractivity contribution < 1.29 is 13.2 Å². The molecule has 1 N–H and O–H groups in total. The molecule has 0 bridgehead atoms. The first-order chi connectivity index (χ1) is 5.57. The molecule has 0 unspecified atom stereocenters. The molecule has 0 aliphatic heterocycles. The van der Waals surface area contributed by atoms with Gasteiger partial charge >= 0.3 is 0 Å². The fourth-order valence-corrected chi connectivity index (χ4v) is 1.24. The van der Waals surface area contributed by atoms with Crippen LogP contribution in [0.1, 0.15) is 20.8 Å². The number of nitrogens with one attached hydrogen (secondary N) is 1. The fraction of sp³-hybridized carbons (Fsp3) is 0.833. The number of alkyl halides is 2. The number of carbonyl (C=O) groups excluding carboxylic acids is 1. The number of hydrogen-bond donors (Lipinski definition) is 1. The van der Waals surface area contributed by atoms with Gasteiger partial charge in [-0.1, -0.05) is 23.2 Å². The van der Waals surface area contributed by atoms with Gasteiger partial charge in [0.1, 0.15) is 0 Å². The Morgan fingerprint density at radius 1 is 1.38 bits per heavy atom. The number of sulfonamides is 1. The van der Waals surface area contributed by atoms with E-state index in [1.54, 1.807) is 4.72 Å². The van der Waals surface area contributed by atoms with Gasteiger partial charge < -0.3 is 0 Å². The third kappa shape index (κ3) is 4.15. The Kier molecular flexibility index (Phi) is 4.02. The van der Waals surface area contributed by atoms with Crippen LogP contribution in [0.4, 0.5) is 0 Å². The van der Waals surface area contributed by atoms with Crippen molar-refractivity contribution in [2.45, 2.75) is 30.4 Å². The van der Waals surface area contributed by atoms with Gasteiger partial charge in [-0.3, -0.25) is 9.52 Å². The third-order valence-corrected chi connectivity index (χ3v) is 3.31. The number of halogens is 2. The molecule has 0 aromatic carbocycles. The van der Waals surface area contributed by atoms with Gasteiger partial charge in [-0.15, -0.1) is 0 Å². The van der Waals surface area contributed by atoms with Crippen LogP contribution in [0.2, 0.25) is 0 Å². The lowest BCUT2D eigenvalue weighted by Crippen LogP contribution is -2.43. The highest BCUT2D eigenvalue weighted by molar-refractivity contribution is 7.90. The normalized spacial score (nSPS) is 13.1. The summed E-state index contributed by atoms with van der Waals surface area (Å²) in [5, 5.41) is -0.702. The van der Waals surface area contributed by atoms with Gasteiger partial charge in [-0.2, -0.15) is 0 Å². The molecule has 1 amide bonds. The lowest BCUT2D eigenvalue weighted by molar-refractivity contribution is -0.119. The summed E-state index contributed by atoms with van der Waals surface area (Å²) in [4.78, 5) is 11.0. The summed E-state index contributed by atoms with van der Waals surface area (Å²) in [6, 6.07) is 0. The van der Waals surface area contributed by atoms with Gasteiger partial charge in [0, 0.05) is 0 Å². The average molecular weight is 248 g/mol. The van der Waals surface area contributed by atoms with Crippen LogP contribution in [0, 0.1) is 0 Å². The predicted molar refractivity (Wildman–Crippen MR) is 52.3 cm³/mol. The van der Waals surface area contributed by atoms with Crippen molar-refractivity contribution >= 4 is 39.1 Å². The van der Waals surface area contributed by atoms with E-state index in [0.717, 1.165) is 0 Å². The Bertz CT molecular complexity index is 291. The first-order valence-corrected chi connectivity index (χ1v) is 5.81. The monoisotopic (exact) mass is 247 g/mol. The van der Waals surface area contributed by atoms with Gasteiger partial charge in [-0.25, -0.2) is 8.42 Å².